The van der Waals surface area contributed by atoms with Crippen molar-refractivity contribution in [1.82, 2.24) is 4.90 Å². The van der Waals surface area contributed by atoms with Gasteiger partial charge in [-0.3, -0.25) is 4.79 Å². The third-order valence-corrected chi connectivity index (χ3v) is 3.16. The summed E-state index contributed by atoms with van der Waals surface area (Å²) in [4.78, 5) is 14.1. The Morgan fingerprint density at radius 2 is 1.88 bits per heavy atom. The Balaban J connectivity index is 0. The first kappa shape index (κ1) is 19.1. The summed E-state index contributed by atoms with van der Waals surface area (Å²) in [5.41, 5.74) is 5.38. The van der Waals surface area contributed by atoms with Gasteiger partial charge in [0, 0.05) is 13.1 Å². The smallest absolute Gasteiger partial charge is 0.242 e. The van der Waals surface area contributed by atoms with Gasteiger partial charge in [0.05, 0.1) is 5.54 Å². The first-order valence-corrected chi connectivity index (χ1v) is 6.47. The predicted octanol–water partition coefficient (Wildman–Crippen LogP) is 2.82. The number of likely N-dealkylation sites (N-methyl/N-ethyl adjacent to an activating group) is 1. The summed E-state index contributed by atoms with van der Waals surface area (Å²) in [6.07, 6.45) is 2.79. The van der Waals surface area contributed by atoms with E-state index in [1.54, 1.807) is 0 Å². The molecule has 3 nitrogen and oxygen atoms in total. The van der Waals surface area contributed by atoms with Gasteiger partial charge in [0.25, 0.3) is 0 Å². The first-order valence-electron chi connectivity index (χ1n) is 6.47. The van der Waals surface area contributed by atoms with E-state index in [0.29, 0.717) is 5.92 Å². The van der Waals surface area contributed by atoms with Gasteiger partial charge in [-0.1, -0.05) is 33.6 Å². The Hall–Kier alpha value is -0.280. The topological polar surface area (TPSA) is 46.3 Å². The van der Waals surface area contributed by atoms with Crippen LogP contribution in [0.25, 0.3) is 0 Å². The van der Waals surface area contributed by atoms with Crippen LogP contribution in [0, 0.1) is 5.92 Å². The molecule has 2 N–H and O–H groups in total. The zero-order valence-electron chi connectivity index (χ0n) is 12.0. The van der Waals surface area contributed by atoms with Crippen LogP contribution >= 0.6 is 12.4 Å². The summed E-state index contributed by atoms with van der Waals surface area (Å²) in [6.45, 7) is 11.8. The zero-order valence-corrected chi connectivity index (χ0v) is 12.8. The predicted molar refractivity (Wildman–Crippen MR) is 76.5 cm³/mol. The van der Waals surface area contributed by atoms with E-state index in [1.165, 1.54) is 0 Å². The van der Waals surface area contributed by atoms with Crippen molar-refractivity contribution in [3.05, 3.63) is 0 Å². The van der Waals surface area contributed by atoms with Gasteiger partial charge in [-0.25, -0.2) is 0 Å². The summed E-state index contributed by atoms with van der Waals surface area (Å²) in [5, 5.41) is 0. The van der Waals surface area contributed by atoms with Crippen molar-refractivity contribution >= 4 is 18.3 Å². The summed E-state index contributed by atoms with van der Waals surface area (Å²) < 4.78 is 0. The lowest BCUT2D eigenvalue weighted by atomic mass is 9.95. The number of nitrogens with zero attached hydrogens (tertiary/aromatic N) is 1. The minimum Gasteiger partial charge on any atom is -0.341 e. The van der Waals surface area contributed by atoms with Crippen LogP contribution in [0.1, 0.15) is 53.9 Å². The fourth-order valence-electron chi connectivity index (χ4n) is 1.85. The van der Waals surface area contributed by atoms with Gasteiger partial charge in [-0.2, -0.15) is 0 Å². The van der Waals surface area contributed by atoms with Crippen LogP contribution in [0.2, 0.25) is 0 Å². The van der Waals surface area contributed by atoms with Crippen molar-refractivity contribution in [2.45, 2.75) is 59.4 Å². The van der Waals surface area contributed by atoms with Crippen molar-refractivity contribution in [2.24, 2.45) is 11.7 Å². The number of hydrogen-bond acceptors (Lipinski definition) is 2. The zero-order chi connectivity index (χ0) is 12.8. The van der Waals surface area contributed by atoms with Gasteiger partial charge in [-0.05, 0) is 26.2 Å². The second-order valence-electron chi connectivity index (χ2n) is 5.02. The maximum Gasteiger partial charge on any atom is 0.242 e. The van der Waals surface area contributed by atoms with Gasteiger partial charge < -0.3 is 10.6 Å². The van der Waals surface area contributed by atoms with Crippen molar-refractivity contribution in [3.63, 3.8) is 0 Å². The number of carbonyl (C=O) groups excluding carboxylic acids is 1. The molecule has 104 valence electrons. The second-order valence-corrected chi connectivity index (χ2v) is 5.02. The molecule has 0 aliphatic heterocycles. The van der Waals surface area contributed by atoms with Gasteiger partial charge in [0.15, 0.2) is 0 Å². The molecule has 0 fully saturated rings. The third-order valence-electron chi connectivity index (χ3n) is 3.16. The van der Waals surface area contributed by atoms with Crippen molar-refractivity contribution < 1.29 is 4.79 Å². The SMILES string of the molecule is CCCC(C)(N)C(=O)N(CC)CC(C)CC.Cl. The van der Waals surface area contributed by atoms with Crippen LogP contribution in [0.5, 0.6) is 0 Å². The van der Waals surface area contributed by atoms with E-state index in [0.717, 1.165) is 32.4 Å². The van der Waals surface area contributed by atoms with Gasteiger partial charge in [0.1, 0.15) is 0 Å². The van der Waals surface area contributed by atoms with Crippen LogP contribution in [0.3, 0.4) is 0 Å². The highest BCUT2D eigenvalue weighted by atomic mass is 35.5. The molecule has 0 rings (SSSR count). The number of carbonyl (C=O) groups is 1. The lowest BCUT2D eigenvalue weighted by Crippen LogP contribution is -2.54. The molecule has 2 unspecified atom stereocenters. The van der Waals surface area contributed by atoms with Gasteiger partial charge >= 0.3 is 0 Å². The summed E-state index contributed by atoms with van der Waals surface area (Å²) in [7, 11) is 0. The first-order chi connectivity index (χ1) is 7.38. The minimum absolute atomic E-state index is 0. The van der Waals surface area contributed by atoms with E-state index < -0.39 is 5.54 Å². The van der Waals surface area contributed by atoms with Crippen LogP contribution in [0.4, 0.5) is 0 Å². The van der Waals surface area contributed by atoms with Crippen LogP contribution < -0.4 is 5.73 Å². The number of amides is 1. The molecule has 0 aromatic rings. The van der Waals surface area contributed by atoms with Crippen molar-refractivity contribution in [2.75, 3.05) is 13.1 Å². The molecule has 0 heterocycles. The van der Waals surface area contributed by atoms with Crippen LogP contribution in [0.15, 0.2) is 0 Å². The lowest BCUT2D eigenvalue weighted by Gasteiger charge is -2.32. The fourth-order valence-corrected chi connectivity index (χ4v) is 1.85. The highest BCUT2D eigenvalue weighted by Crippen LogP contribution is 2.14. The third kappa shape index (κ3) is 6.27. The van der Waals surface area contributed by atoms with E-state index in [9.17, 15) is 4.79 Å². The van der Waals surface area contributed by atoms with Gasteiger partial charge in [-0.15, -0.1) is 12.4 Å². The normalized spacial score (nSPS) is 15.6. The molecule has 0 saturated carbocycles. The molecular formula is C13H29ClN2O. The van der Waals surface area contributed by atoms with E-state index in [-0.39, 0.29) is 18.3 Å². The molecule has 0 bridgehead atoms. The second kappa shape index (κ2) is 8.76. The molecule has 0 saturated heterocycles. The fraction of sp³-hybridized carbons (Fsp3) is 0.923. The number of nitrogens with two attached hydrogens (primary N) is 1. The standard InChI is InChI=1S/C13H28N2O.ClH/c1-6-9-13(5,14)12(16)15(8-3)10-11(4)7-2;/h11H,6-10,14H2,1-5H3;1H. The molecule has 0 aliphatic rings. The Labute approximate surface area is 113 Å². The molecule has 0 aromatic heterocycles. The maximum absolute atomic E-state index is 12.2. The molecule has 0 spiro atoms. The molecule has 1 amide bonds. The Bertz CT molecular complexity index is 219. The quantitative estimate of drug-likeness (QED) is 0.769. The van der Waals surface area contributed by atoms with E-state index in [4.69, 9.17) is 5.73 Å². The highest BCUT2D eigenvalue weighted by molar-refractivity contribution is 5.85. The average Bonchev–Trinajstić information content (AvgIpc) is 2.24. The van der Waals surface area contributed by atoms with Crippen LogP contribution in [-0.4, -0.2) is 29.4 Å². The van der Waals surface area contributed by atoms with E-state index in [2.05, 4.69) is 20.8 Å². The average molecular weight is 265 g/mol. The monoisotopic (exact) mass is 264 g/mol. The molecule has 0 aliphatic carbocycles. The lowest BCUT2D eigenvalue weighted by molar-refractivity contribution is -0.137. The van der Waals surface area contributed by atoms with Crippen molar-refractivity contribution in [3.8, 4) is 0 Å². The number of rotatable bonds is 7. The largest absolute Gasteiger partial charge is 0.341 e. The Morgan fingerprint density at radius 1 is 1.35 bits per heavy atom. The highest BCUT2D eigenvalue weighted by Gasteiger charge is 2.31. The number of halogens is 1. The Morgan fingerprint density at radius 3 is 2.24 bits per heavy atom. The van der Waals surface area contributed by atoms with Gasteiger partial charge in [0.2, 0.25) is 5.91 Å². The van der Waals surface area contributed by atoms with Crippen molar-refractivity contribution in [1.29, 1.82) is 0 Å². The summed E-state index contributed by atoms with van der Waals surface area (Å²) in [5.74, 6) is 0.637. The molecule has 0 radical (unpaired) electrons. The van der Waals surface area contributed by atoms with E-state index >= 15 is 0 Å². The molecule has 4 heteroatoms. The molecule has 0 aromatic carbocycles. The minimum atomic E-state index is -0.696. The summed E-state index contributed by atoms with van der Waals surface area (Å²) >= 11 is 0. The number of hydrogen-bond donors (Lipinski definition) is 1. The Kier molecular flexibility index (Phi) is 9.82. The molecule has 2 atom stereocenters. The summed E-state index contributed by atoms with van der Waals surface area (Å²) in [6, 6.07) is 0. The van der Waals surface area contributed by atoms with E-state index in [1.807, 2.05) is 18.7 Å². The van der Waals surface area contributed by atoms with Crippen LogP contribution in [-0.2, 0) is 4.79 Å². The maximum atomic E-state index is 12.2. The molecule has 17 heavy (non-hydrogen) atoms. The molecular weight excluding hydrogens is 236 g/mol.